The first kappa shape index (κ1) is 16.3. The average molecular weight is 304 g/mol. The molecule has 0 aliphatic heterocycles. The van der Waals surface area contributed by atoms with Crippen LogP contribution >= 0.6 is 0 Å². The van der Waals surface area contributed by atoms with E-state index >= 15 is 0 Å². The first-order valence-electron chi connectivity index (χ1n) is 5.60. The molecule has 20 heavy (non-hydrogen) atoms. The van der Waals surface area contributed by atoms with Crippen LogP contribution in [-0.2, 0) is 10.0 Å². The van der Waals surface area contributed by atoms with Crippen molar-refractivity contribution in [1.29, 1.82) is 0 Å². The van der Waals surface area contributed by atoms with E-state index in [9.17, 15) is 18.5 Å². The number of hydrogen-bond donors (Lipinski definition) is 2. The van der Waals surface area contributed by atoms with Gasteiger partial charge < -0.3 is 9.84 Å². The molecule has 0 spiro atoms. The number of methoxy groups -OCH3 is 1. The van der Waals surface area contributed by atoms with Gasteiger partial charge in [-0.2, -0.15) is 0 Å². The number of nitrogens with one attached hydrogen (secondary N) is 1. The van der Waals surface area contributed by atoms with Gasteiger partial charge in [-0.05, 0) is 26.0 Å². The van der Waals surface area contributed by atoms with E-state index in [1.54, 1.807) is 0 Å². The lowest BCUT2D eigenvalue weighted by Crippen LogP contribution is -2.46. The van der Waals surface area contributed by atoms with Crippen molar-refractivity contribution in [2.75, 3.05) is 13.7 Å². The summed E-state index contributed by atoms with van der Waals surface area (Å²) in [6.07, 6.45) is 0. The van der Waals surface area contributed by atoms with Gasteiger partial charge >= 0.3 is 5.69 Å². The molecule has 0 fully saturated rings. The Balaban J connectivity index is 3.27. The van der Waals surface area contributed by atoms with E-state index in [2.05, 4.69) is 4.72 Å². The van der Waals surface area contributed by atoms with Crippen molar-refractivity contribution in [3.63, 3.8) is 0 Å². The van der Waals surface area contributed by atoms with Crippen LogP contribution in [0.15, 0.2) is 23.1 Å². The van der Waals surface area contributed by atoms with Crippen LogP contribution in [0.5, 0.6) is 5.75 Å². The summed E-state index contributed by atoms with van der Waals surface area (Å²) in [5.74, 6) is -0.0321. The van der Waals surface area contributed by atoms with Crippen LogP contribution in [-0.4, -0.2) is 37.7 Å². The Morgan fingerprint density at radius 1 is 1.45 bits per heavy atom. The summed E-state index contributed by atoms with van der Waals surface area (Å²) in [6.45, 7) is 2.56. The fourth-order valence-corrected chi connectivity index (χ4v) is 2.86. The van der Waals surface area contributed by atoms with Crippen molar-refractivity contribution in [1.82, 2.24) is 4.72 Å². The van der Waals surface area contributed by atoms with Crippen LogP contribution < -0.4 is 9.46 Å². The molecule has 0 heterocycles. The van der Waals surface area contributed by atoms with Gasteiger partial charge in [0.05, 0.1) is 29.1 Å². The van der Waals surface area contributed by atoms with Gasteiger partial charge in [-0.15, -0.1) is 0 Å². The summed E-state index contributed by atoms with van der Waals surface area (Å²) >= 11 is 0. The smallest absolute Gasteiger partial charge is 0.312 e. The number of aliphatic hydroxyl groups excluding tert-OH is 1. The Kier molecular flexibility index (Phi) is 4.69. The minimum Gasteiger partial charge on any atom is -0.490 e. The van der Waals surface area contributed by atoms with Gasteiger partial charge in [0.1, 0.15) is 0 Å². The van der Waals surface area contributed by atoms with Gasteiger partial charge in [0.15, 0.2) is 5.75 Å². The van der Waals surface area contributed by atoms with Gasteiger partial charge in [-0.3, -0.25) is 10.1 Å². The Morgan fingerprint density at radius 2 is 2.05 bits per heavy atom. The summed E-state index contributed by atoms with van der Waals surface area (Å²) in [4.78, 5) is 9.87. The number of rotatable bonds is 6. The monoisotopic (exact) mass is 304 g/mol. The van der Waals surface area contributed by atoms with E-state index < -0.39 is 32.8 Å². The molecule has 0 aliphatic rings. The fourth-order valence-electron chi connectivity index (χ4n) is 1.43. The maximum absolute atomic E-state index is 12.1. The van der Waals surface area contributed by atoms with Gasteiger partial charge in [0.2, 0.25) is 10.0 Å². The van der Waals surface area contributed by atoms with E-state index in [1.165, 1.54) is 33.1 Å². The lowest BCUT2D eigenvalue weighted by Gasteiger charge is -2.23. The minimum atomic E-state index is -3.98. The highest BCUT2D eigenvalue weighted by molar-refractivity contribution is 7.89. The van der Waals surface area contributed by atoms with Crippen LogP contribution in [0.3, 0.4) is 0 Å². The highest BCUT2D eigenvalue weighted by atomic mass is 32.2. The van der Waals surface area contributed by atoms with E-state index in [0.29, 0.717) is 0 Å². The SMILES string of the molecule is COc1ccc(S(=O)(=O)NC(C)(C)CO)cc1[N+](=O)[O-]. The molecule has 0 saturated heterocycles. The number of ether oxygens (including phenoxy) is 1. The summed E-state index contributed by atoms with van der Waals surface area (Å²) in [5, 5.41) is 19.9. The zero-order chi connectivity index (χ0) is 15.6. The molecule has 2 N–H and O–H groups in total. The largest absolute Gasteiger partial charge is 0.490 e. The Bertz CT molecular complexity index is 611. The van der Waals surface area contributed by atoms with Crippen molar-refractivity contribution in [2.24, 2.45) is 0 Å². The topological polar surface area (TPSA) is 119 Å². The highest BCUT2D eigenvalue weighted by Gasteiger charge is 2.27. The molecule has 0 unspecified atom stereocenters. The molecular weight excluding hydrogens is 288 g/mol. The number of aliphatic hydroxyl groups is 1. The van der Waals surface area contributed by atoms with Gasteiger partial charge in [-0.1, -0.05) is 0 Å². The van der Waals surface area contributed by atoms with Crippen molar-refractivity contribution >= 4 is 15.7 Å². The van der Waals surface area contributed by atoms with E-state index in [4.69, 9.17) is 9.84 Å². The van der Waals surface area contributed by atoms with E-state index in [1.807, 2.05) is 0 Å². The number of sulfonamides is 1. The quantitative estimate of drug-likeness (QED) is 0.588. The second-order valence-electron chi connectivity index (χ2n) is 4.74. The Hall–Kier alpha value is -1.71. The number of nitro benzene ring substituents is 1. The third-order valence-electron chi connectivity index (χ3n) is 2.46. The fraction of sp³-hybridized carbons (Fsp3) is 0.455. The molecular formula is C11H16N2O6S. The third-order valence-corrected chi connectivity index (χ3v) is 4.16. The molecule has 1 rings (SSSR count). The molecule has 0 radical (unpaired) electrons. The molecule has 1 aromatic rings. The van der Waals surface area contributed by atoms with Crippen LogP contribution in [0.25, 0.3) is 0 Å². The molecule has 112 valence electrons. The van der Waals surface area contributed by atoms with E-state index in [0.717, 1.165) is 6.07 Å². The van der Waals surface area contributed by atoms with Gasteiger partial charge in [-0.25, -0.2) is 13.1 Å². The van der Waals surface area contributed by atoms with Crippen molar-refractivity contribution in [3.05, 3.63) is 28.3 Å². The van der Waals surface area contributed by atoms with Crippen molar-refractivity contribution < 1.29 is 23.2 Å². The predicted octanol–water partition coefficient (Wildman–Crippen LogP) is 0.653. The molecule has 0 atom stereocenters. The maximum atomic E-state index is 12.1. The summed E-state index contributed by atoms with van der Waals surface area (Å²) < 4.78 is 31.3. The van der Waals surface area contributed by atoms with Crippen LogP contribution in [0.4, 0.5) is 5.69 Å². The first-order chi connectivity index (χ1) is 9.13. The Morgan fingerprint density at radius 3 is 2.50 bits per heavy atom. The highest BCUT2D eigenvalue weighted by Crippen LogP contribution is 2.29. The second-order valence-corrected chi connectivity index (χ2v) is 6.42. The van der Waals surface area contributed by atoms with Crippen LogP contribution in [0, 0.1) is 10.1 Å². The zero-order valence-corrected chi connectivity index (χ0v) is 12.1. The molecule has 0 amide bonds. The standard InChI is InChI=1S/C11H16N2O6S/c1-11(2,7-14)12-20(17,18)8-4-5-10(19-3)9(6-8)13(15)16/h4-6,12,14H,7H2,1-3H3. The lowest BCUT2D eigenvalue weighted by atomic mass is 10.1. The number of nitro groups is 1. The third kappa shape index (κ3) is 3.65. The maximum Gasteiger partial charge on any atom is 0.312 e. The average Bonchev–Trinajstić information content (AvgIpc) is 2.36. The van der Waals surface area contributed by atoms with E-state index in [-0.39, 0.29) is 10.6 Å². The summed E-state index contributed by atoms with van der Waals surface area (Å²) in [7, 11) is -2.73. The molecule has 0 bridgehead atoms. The number of nitrogens with zero attached hydrogens (tertiary/aromatic N) is 1. The van der Waals surface area contributed by atoms with Crippen molar-refractivity contribution in [3.8, 4) is 5.75 Å². The van der Waals surface area contributed by atoms with Crippen LogP contribution in [0.1, 0.15) is 13.8 Å². The van der Waals surface area contributed by atoms with Crippen LogP contribution in [0.2, 0.25) is 0 Å². The predicted molar refractivity (Wildman–Crippen MR) is 71.1 cm³/mol. The second kappa shape index (κ2) is 5.73. The normalized spacial score (nSPS) is 12.2. The lowest BCUT2D eigenvalue weighted by molar-refractivity contribution is -0.386. The first-order valence-corrected chi connectivity index (χ1v) is 7.08. The molecule has 9 heteroatoms. The molecule has 8 nitrogen and oxygen atoms in total. The number of benzene rings is 1. The molecule has 1 aromatic carbocycles. The number of hydrogen-bond acceptors (Lipinski definition) is 6. The molecule has 0 saturated carbocycles. The Labute approximate surface area is 116 Å². The van der Waals surface area contributed by atoms with Crippen molar-refractivity contribution in [2.45, 2.75) is 24.3 Å². The minimum absolute atomic E-state index is 0.0321. The molecule has 0 aromatic heterocycles. The zero-order valence-electron chi connectivity index (χ0n) is 11.3. The summed E-state index contributed by atoms with van der Waals surface area (Å²) in [5.41, 5.74) is -1.52. The van der Waals surface area contributed by atoms with Gasteiger partial charge in [0, 0.05) is 6.07 Å². The molecule has 0 aliphatic carbocycles. The summed E-state index contributed by atoms with van der Waals surface area (Å²) in [6, 6.07) is 3.31. The van der Waals surface area contributed by atoms with Gasteiger partial charge in [0.25, 0.3) is 0 Å².